The normalized spacial score (nSPS) is 12.6. The molecule has 6 nitrogen and oxygen atoms in total. The minimum Gasteiger partial charge on any atom is -0.508 e. The first-order chi connectivity index (χ1) is 15.3. The van der Waals surface area contributed by atoms with Crippen LogP contribution in [0.15, 0.2) is 64.2 Å². The quantitative estimate of drug-likeness (QED) is 0.271. The van der Waals surface area contributed by atoms with Gasteiger partial charge >= 0.3 is 6.18 Å². The van der Waals surface area contributed by atoms with Crippen LogP contribution in [0.1, 0.15) is 34.3 Å². The Morgan fingerprint density at radius 2 is 1.88 bits per heavy atom. The predicted molar refractivity (Wildman–Crippen MR) is 109 cm³/mol. The molecule has 0 aliphatic rings. The van der Waals surface area contributed by atoms with Gasteiger partial charge in [0.15, 0.2) is 12.0 Å². The number of rotatable bonds is 9. The number of hydrogen-bond acceptors (Lipinski definition) is 6. The van der Waals surface area contributed by atoms with Crippen molar-refractivity contribution in [2.45, 2.75) is 32.2 Å². The standard InChI is InChI=1S/C23H20F3NO5/c1-15-2-9-21(31-15)22(13-28)32-19-8-5-17(20(29)12-19)10-11-27-30-14-16-3-6-18(7-4-16)23(24,25)26/h2-9,11-13,22,29H,10,14H2,1H3. The Labute approximate surface area is 181 Å². The van der Waals surface area contributed by atoms with Gasteiger partial charge in [-0.15, -0.1) is 0 Å². The number of ether oxygens (including phenoxy) is 1. The molecule has 168 valence electrons. The molecule has 1 N–H and O–H groups in total. The van der Waals surface area contributed by atoms with E-state index in [1.807, 2.05) is 0 Å². The molecule has 3 rings (SSSR count). The summed E-state index contributed by atoms with van der Waals surface area (Å²) in [6, 6.07) is 12.5. The summed E-state index contributed by atoms with van der Waals surface area (Å²) in [5, 5.41) is 13.9. The average Bonchev–Trinajstić information content (AvgIpc) is 3.19. The van der Waals surface area contributed by atoms with Gasteiger partial charge in [0.2, 0.25) is 6.10 Å². The molecule has 0 bridgehead atoms. The van der Waals surface area contributed by atoms with E-state index in [0.717, 1.165) is 12.1 Å². The number of carbonyl (C=O) groups excluding carboxylic acids is 1. The molecule has 0 saturated heterocycles. The predicted octanol–water partition coefficient (Wildman–Crippen LogP) is 5.38. The van der Waals surface area contributed by atoms with Gasteiger partial charge < -0.3 is 19.1 Å². The number of aryl methyl sites for hydroxylation is 1. The molecule has 0 spiro atoms. The van der Waals surface area contributed by atoms with Crippen molar-refractivity contribution < 1.29 is 37.1 Å². The summed E-state index contributed by atoms with van der Waals surface area (Å²) in [5.74, 6) is 1.23. The van der Waals surface area contributed by atoms with Crippen LogP contribution in [0.3, 0.4) is 0 Å². The van der Waals surface area contributed by atoms with Crippen molar-refractivity contribution in [3.63, 3.8) is 0 Å². The highest BCUT2D eigenvalue weighted by Crippen LogP contribution is 2.29. The van der Waals surface area contributed by atoms with Crippen LogP contribution in [0.4, 0.5) is 13.2 Å². The maximum Gasteiger partial charge on any atom is 0.416 e. The van der Waals surface area contributed by atoms with E-state index < -0.39 is 17.8 Å². The summed E-state index contributed by atoms with van der Waals surface area (Å²) < 4.78 is 48.6. The van der Waals surface area contributed by atoms with Gasteiger partial charge in [0.25, 0.3) is 0 Å². The van der Waals surface area contributed by atoms with Crippen LogP contribution < -0.4 is 4.74 Å². The van der Waals surface area contributed by atoms with Crippen molar-refractivity contribution in [1.82, 2.24) is 0 Å². The second kappa shape index (κ2) is 10.0. The molecule has 2 aromatic carbocycles. The largest absolute Gasteiger partial charge is 0.508 e. The summed E-state index contributed by atoms with van der Waals surface area (Å²) in [6.07, 6.45) is -3.06. The molecule has 0 fully saturated rings. The lowest BCUT2D eigenvalue weighted by atomic mass is 10.1. The molecule has 0 amide bonds. The van der Waals surface area contributed by atoms with Gasteiger partial charge in [0.05, 0.1) is 5.56 Å². The molecule has 1 atom stereocenters. The number of nitrogens with zero attached hydrogens (tertiary/aromatic N) is 1. The zero-order valence-electron chi connectivity index (χ0n) is 17.0. The molecule has 0 aliphatic carbocycles. The van der Waals surface area contributed by atoms with Crippen LogP contribution in [0.2, 0.25) is 0 Å². The number of alkyl halides is 3. The molecular formula is C23H20F3NO5. The Kier molecular flexibility index (Phi) is 7.19. The Morgan fingerprint density at radius 3 is 2.47 bits per heavy atom. The Bertz CT molecular complexity index is 1070. The van der Waals surface area contributed by atoms with Crippen LogP contribution in [0, 0.1) is 6.92 Å². The second-order valence-corrected chi connectivity index (χ2v) is 6.87. The van der Waals surface area contributed by atoms with Gasteiger partial charge in [-0.25, -0.2) is 0 Å². The SMILES string of the molecule is Cc1ccc(C(C=O)Oc2ccc(CC=NOCc3ccc(C(F)(F)F)cc3)c(O)c2)o1. The second-order valence-electron chi connectivity index (χ2n) is 6.87. The van der Waals surface area contributed by atoms with Crippen LogP contribution in [0.5, 0.6) is 11.5 Å². The van der Waals surface area contributed by atoms with E-state index in [4.69, 9.17) is 14.0 Å². The number of halogens is 3. The third kappa shape index (κ3) is 6.13. The van der Waals surface area contributed by atoms with E-state index in [1.165, 1.54) is 24.4 Å². The first-order valence-electron chi connectivity index (χ1n) is 9.56. The molecule has 9 heteroatoms. The number of furan rings is 1. The maximum atomic E-state index is 12.5. The van der Waals surface area contributed by atoms with Crippen molar-refractivity contribution in [2.75, 3.05) is 0 Å². The maximum absolute atomic E-state index is 12.5. The fourth-order valence-electron chi connectivity index (χ4n) is 2.79. The highest BCUT2D eigenvalue weighted by atomic mass is 19.4. The summed E-state index contributed by atoms with van der Waals surface area (Å²) in [6.45, 7) is 1.76. The first-order valence-corrected chi connectivity index (χ1v) is 9.56. The summed E-state index contributed by atoms with van der Waals surface area (Å²) in [7, 11) is 0. The third-order valence-corrected chi connectivity index (χ3v) is 4.46. The van der Waals surface area contributed by atoms with Crippen LogP contribution >= 0.6 is 0 Å². The van der Waals surface area contributed by atoms with Gasteiger partial charge in [-0.3, -0.25) is 4.79 Å². The number of phenolic OH excluding ortho intramolecular Hbond substituents is 1. The lowest BCUT2D eigenvalue weighted by Crippen LogP contribution is -2.08. The van der Waals surface area contributed by atoms with Gasteiger partial charge in [-0.1, -0.05) is 23.4 Å². The number of benzene rings is 2. The first kappa shape index (κ1) is 22.9. The average molecular weight is 447 g/mol. The van der Waals surface area contributed by atoms with Gasteiger partial charge in [-0.2, -0.15) is 13.2 Å². The van der Waals surface area contributed by atoms with Crippen LogP contribution in [0.25, 0.3) is 0 Å². The number of hydrogen-bond donors (Lipinski definition) is 1. The third-order valence-electron chi connectivity index (χ3n) is 4.46. The molecular weight excluding hydrogens is 427 g/mol. The topological polar surface area (TPSA) is 81.3 Å². The van der Waals surface area contributed by atoms with E-state index in [-0.39, 0.29) is 24.5 Å². The van der Waals surface area contributed by atoms with Gasteiger partial charge in [0.1, 0.15) is 23.9 Å². The minimum absolute atomic E-state index is 0.00668. The van der Waals surface area contributed by atoms with E-state index in [1.54, 1.807) is 31.2 Å². The fourth-order valence-corrected chi connectivity index (χ4v) is 2.79. The molecule has 32 heavy (non-hydrogen) atoms. The zero-order valence-corrected chi connectivity index (χ0v) is 17.0. The molecule has 3 aromatic rings. The highest BCUT2D eigenvalue weighted by molar-refractivity contribution is 5.63. The van der Waals surface area contributed by atoms with Gasteiger partial charge in [-0.05, 0) is 48.4 Å². The lowest BCUT2D eigenvalue weighted by molar-refractivity contribution is -0.137. The number of phenols is 1. The molecule has 1 unspecified atom stereocenters. The monoisotopic (exact) mass is 447 g/mol. The Hall–Kier alpha value is -3.75. The number of oxime groups is 1. The fraction of sp³-hybridized carbons (Fsp3) is 0.217. The summed E-state index contributed by atoms with van der Waals surface area (Å²) >= 11 is 0. The molecule has 0 radical (unpaired) electrons. The van der Waals surface area contributed by atoms with Crippen molar-refractivity contribution in [3.05, 3.63) is 82.8 Å². The zero-order chi connectivity index (χ0) is 23.1. The van der Waals surface area contributed by atoms with Gasteiger partial charge in [0, 0.05) is 18.7 Å². The van der Waals surface area contributed by atoms with Crippen molar-refractivity contribution in [2.24, 2.45) is 5.16 Å². The van der Waals surface area contributed by atoms with Crippen LogP contribution in [-0.2, 0) is 28.8 Å². The lowest BCUT2D eigenvalue weighted by Gasteiger charge is -2.12. The van der Waals surface area contributed by atoms with E-state index in [0.29, 0.717) is 28.9 Å². The minimum atomic E-state index is -4.38. The Balaban J connectivity index is 1.51. The van der Waals surface area contributed by atoms with E-state index in [2.05, 4.69) is 5.16 Å². The van der Waals surface area contributed by atoms with Crippen molar-refractivity contribution >= 4 is 12.5 Å². The highest BCUT2D eigenvalue weighted by Gasteiger charge is 2.29. The molecule has 1 aromatic heterocycles. The summed E-state index contributed by atoms with van der Waals surface area (Å²) in [5.41, 5.74) is 0.345. The number of aromatic hydroxyl groups is 1. The van der Waals surface area contributed by atoms with E-state index in [9.17, 15) is 23.1 Å². The summed E-state index contributed by atoms with van der Waals surface area (Å²) in [4.78, 5) is 16.4. The van der Waals surface area contributed by atoms with Crippen LogP contribution in [-0.4, -0.2) is 17.6 Å². The molecule has 1 heterocycles. The Morgan fingerprint density at radius 1 is 1.12 bits per heavy atom. The molecule has 0 aliphatic heterocycles. The van der Waals surface area contributed by atoms with Crippen molar-refractivity contribution in [3.8, 4) is 11.5 Å². The molecule has 0 saturated carbocycles. The van der Waals surface area contributed by atoms with E-state index >= 15 is 0 Å². The number of aldehydes is 1. The van der Waals surface area contributed by atoms with Crippen molar-refractivity contribution in [1.29, 1.82) is 0 Å². The smallest absolute Gasteiger partial charge is 0.416 e. The number of carbonyl (C=O) groups is 1.